The van der Waals surface area contributed by atoms with E-state index in [9.17, 15) is 10.1 Å². The lowest BCUT2D eigenvalue weighted by Crippen LogP contribution is -2.11. The normalized spacial score (nSPS) is 11.5. The Morgan fingerprint density at radius 2 is 1.85 bits per heavy atom. The van der Waals surface area contributed by atoms with E-state index in [-0.39, 0.29) is 17.0 Å². The Hall–Kier alpha value is -3.19. The molecular formula is C22H19Cl2N5O3S. The number of halogens is 2. The van der Waals surface area contributed by atoms with Gasteiger partial charge in [0.05, 0.1) is 36.2 Å². The topological polar surface area (TPSA) is 116 Å². The molecule has 8 nitrogen and oxygen atoms in total. The van der Waals surface area contributed by atoms with Crippen LogP contribution in [0, 0.1) is 11.3 Å². The van der Waals surface area contributed by atoms with Crippen LogP contribution in [0.15, 0.2) is 52.8 Å². The molecule has 0 fully saturated rings. The molecule has 0 bridgehead atoms. The number of allylic oxidation sites excluding steroid dienone is 2. The first kappa shape index (κ1) is 24.5. The van der Waals surface area contributed by atoms with Crippen molar-refractivity contribution in [3.05, 3.63) is 57.7 Å². The maximum absolute atomic E-state index is 12.5. The zero-order valence-electron chi connectivity index (χ0n) is 17.9. The number of ketones is 1. The molecule has 0 spiro atoms. The van der Waals surface area contributed by atoms with Crippen molar-refractivity contribution in [1.82, 2.24) is 14.8 Å². The maximum atomic E-state index is 12.5. The Bertz CT molecular complexity index is 1280. The van der Waals surface area contributed by atoms with Crippen LogP contribution in [0.5, 0.6) is 11.5 Å². The van der Waals surface area contributed by atoms with E-state index in [1.54, 1.807) is 41.0 Å². The van der Waals surface area contributed by atoms with E-state index in [0.717, 1.165) is 11.8 Å². The number of nitriles is 1. The summed E-state index contributed by atoms with van der Waals surface area (Å²) in [6.45, 7) is 1.51. The number of hydrogen-bond donors (Lipinski definition) is 1. The Kier molecular flexibility index (Phi) is 7.87. The van der Waals surface area contributed by atoms with Crippen molar-refractivity contribution in [1.29, 1.82) is 5.26 Å². The SMILES string of the molecule is COc1ccc(-n2c(SCC(=O)/C(C#N)=C(\C)N)nnc2-c2cc(Cl)ccc2OC)cc1Cl. The van der Waals surface area contributed by atoms with Crippen LogP contribution in [-0.2, 0) is 4.79 Å². The third-order valence-corrected chi connectivity index (χ3v) is 6.01. The highest BCUT2D eigenvalue weighted by molar-refractivity contribution is 7.99. The van der Waals surface area contributed by atoms with Gasteiger partial charge in [0.15, 0.2) is 16.8 Å². The summed E-state index contributed by atoms with van der Waals surface area (Å²) in [5, 5.41) is 19.1. The molecule has 0 saturated heterocycles. The fraction of sp³-hybridized carbons (Fsp3) is 0.182. The number of rotatable bonds is 8. The lowest BCUT2D eigenvalue weighted by atomic mass is 10.2. The number of methoxy groups -OCH3 is 2. The number of ether oxygens (including phenoxy) is 2. The Morgan fingerprint density at radius 1 is 1.15 bits per heavy atom. The molecule has 0 radical (unpaired) electrons. The molecule has 2 N–H and O–H groups in total. The van der Waals surface area contributed by atoms with Gasteiger partial charge in [-0.15, -0.1) is 10.2 Å². The van der Waals surface area contributed by atoms with Crippen molar-refractivity contribution in [2.24, 2.45) is 5.73 Å². The number of nitrogens with two attached hydrogens (primary N) is 1. The summed E-state index contributed by atoms with van der Waals surface area (Å²) in [6.07, 6.45) is 0. The van der Waals surface area contributed by atoms with Crippen molar-refractivity contribution in [2.75, 3.05) is 20.0 Å². The number of aromatic nitrogens is 3. The van der Waals surface area contributed by atoms with E-state index >= 15 is 0 Å². The monoisotopic (exact) mass is 503 g/mol. The molecule has 0 unspecified atom stereocenters. The minimum atomic E-state index is -0.410. The zero-order valence-corrected chi connectivity index (χ0v) is 20.3. The van der Waals surface area contributed by atoms with Crippen LogP contribution < -0.4 is 15.2 Å². The van der Waals surface area contributed by atoms with E-state index in [1.807, 2.05) is 6.07 Å². The number of thioether (sulfide) groups is 1. The lowest BCUT2D eigenvalue weighted by molar-refractivity contribution is -0.112. The van der Waals surface area contributed by atoms with Gasteiger partial charge in [-0.25, -0.2) is 0 Å². The molecule has 0 aliphatic rings. The van der Waals surface area contributed by atoms with Crippen LogP contribution >= 0.6 is 35.0 Å². The second-order valence-electron chi connectivity index (χ2n) is 6.69. The largest absolute Gasteiger partial charge is 0.496 e. The quantitative estimate of drug-likeness (QED) is 0.267. The van der Waals surface area contributed by atoms with Gasteiger partial charge in [0.1, 0.15) is 23.1 Å². The second kappa shape index (κ2) is 10.6. The highest BCUT2D eigenvalue weighted by Gasteiger charge is 2.22. The van der Waals surface area contributed by atoms with Gasteiger partial charge >= 0.3 is 0 Å². The molecule has 0 aliphatic heterocycles. The summed E-state index contributed by atoms with van der Waals surface area (Å²) in [5.41, 5.74) is 6.95. The summed E-state index contributed by atoms with van der Waals surface area (Å²) in [7, 11) is 3.06. The van der Waals surface area contributed by atoms with Gasteiger partial charge in [-0.3, -0.25) is 9.36 Å². The Morgan fingerprint density at radius 3 is 2.45 bits per heavy atom. The van der Waals surface area contributed by atoms with Gasteiger partial charge in [-0.2, -0.15) is 5.26 Å². The van der Waals surface area contributed by atoms with E-state index in [1.165, 1.54) is 21.1 Å². The average Bonchev–Trinajstić information content (AvgIpc) is 3.21. The van der Waals surface area contributed by atoms with Crippen LogP contribution in [0.1, 0.15) is 6.92 Å². The first-order valence-corrected chi connectivity index (χ1v) is 11.2. The summed E-state index contributed by atoms with van der Waals surface area (Å²) in [6, 6.07) is 12.2. The van der Waals surface area contributed by atoms with Gasteiger partial charge in [0.25, 0.3) is 0 Å². The molecule has 1 heterocycles. The van der Waals surface area contributed by atoms with E-state index in [4.69, 9.17) is 38.4 Å². The number of nitrogens with zero attached hydrogens (tertiary/aromatic N) is 4. The van der Waals surface area contributed by atoms with E-state index in [2.05, 4.69) is 10.2 Å². The summed E-state index contributed by atoms with van der Waals surface area (Å²) >= 11 is 13.7. The highest BCUT2D eigenvalue weighted by atomic mass is 35.5. The molecule has 0 aliphatic carbocycles. The molecule has 3 aromatic rings. The Balaban J connectivity index is 2.13. The molecule has 2 aromatic carbocycles. The van der Waals surface area contributed by atoms with E-state index < -0.39 is 5.78 Å². The number of benzene rings is 2. The summed E-state index contributed by atoms with van der Waals surface area (Å²) in [4.78, 5) is 12.5. The fourth-order valence-electron chi connectivity index (χ4n) is 2.99. The van der Waals surface area contributed by atoms with Gasteiger partial charge in [-0.1, -0.05) is 35.0 Å². The highest BCUT2D eigenvalue weighted by Crippen LogP contribution is 2.36. The molecule has 0 atom stereocenters. The molecule has 0 amide bonds. The van der Waals surface area contributed by atoms with Crippen LogP contribution in [0.3, 0.4) is 0 Å². The fourth-order valence-corrected chi connectivity index (χ4v) is 4.24. The maximum Gasteiger partial charge on any atom is 0.196 e. The minimum Gasteiger partial charge on any atom is -0.496 e. The Labute approximate surface area is 204 Å². The third kappa shape index (κ3) is 5.25. The molecule has 3 rings (SSSR count). The molecule has 11 heteroatoms. The van der Waals surface area contributed by atoms with Crippen molar-refractivity contribution in [3.63, 3.8) is 0 Å². The second-order valence-corrected chi connectivity index (χ2v) is 8.47. The average molecular weight is 504 g/mol. The summed E-state index contributed by atoms with van der Waals surface area (Å²) in [5.74, 6) is 0.991. The van der Waals surface area contributed by atoms with Gasteiger partial charge < -0.3 is 15.2 Å². The van der Waals surface area contributed by atoms with Crippen molar-refractivity contribution in [3.8, 4) is 34.6 Å². The van der Waals surface area contributed by atoms with Crippen LogP contribution in [0.2, 0.25) is 10.0 Å². The van der Waals surface area contributed by atoms with Gasteiger partial charge in [0.2, 0.25) is 0 Å². The number of carbonyl (C=O) groups excluding carboxylic acids is 1. The van der Waals surface area contributed by atoms with Crippen molar-refractivity contribution < 1.29 is 14.3 Å². The van der Waals surface area contributed by atoms with Gasteiger partial charge in [-0.05, 0) is 43.3 Å². The predicted octanol–water partition coefficient (Wildman–Crippen LogP) is 4.68. The van der Waals surface area contributed by atoms with Crippen LogP contribution in [-0.4, -0.2) is 40.5 Å². The first-order chi connectivity index (χ1) is 15.8. The predicted molar refractivity (Wildman–Crippen MR) is 128 cm³/mol. The number of Topliss-reactive ketones (excluding diaryl/α,β-unsaturated/α-hetero) is 1. The van der Waals surface area contributed by atoms with Gasteiger partial charge in [0, 0.05) is 10.7 Å². The molecule has 0 saturated carbocycles. The van der Waals surface area contributed by atoms with Crippen molar-refractivity contribution >= 4 is 40.7 Å². The minimum absolute atomic E-state index is 0.0634. The number of carbonyl (C=O) groups is 1. The number of hydrogen-bond acceptors (Lipinski definition) is 8. The smallest absolute Gasteiger partial charge is 0.196 e. The third-order valence-electron chi connectivity index (χ3n) is 4.55. The molecule has 1 aromatic heterocycles. The lowest BCUT2D eigenvalue weighted by Gasteiger charge is -2.14. The van der Waals surface area contributed by atoms with Crippen LogP contribution in [0.25, 0.3) is 17.1 Å². The zero-order chi connectivity index (χ0) is 24.1. The van der Waals surface area contributed by atoms with E-state index in [0.29, 0.717) is 43.8 Å². The van der Waals surface area contributed by atoms with Crippen LogP contribution in [0.4, 0.5) is 0 Å². The standard InChI is InChI=1S/C22H19Cl2N5O3S/c1-12(26)16(10-25)18(30)11-33-22-28-27-21(15-8-13(23)4-6-19(15)31-2)29(22)14-5-7-20(32-3)17(24)9-14/h4-9H,11,26H2,1-3H3/b16-12+. The first-order valence-electron chi connectivity index (χ1n) is 9.46. The van der Waals surface area contributed by atoms with Crippen molar-refractivity contribution in [2.45, 2.75) is 12.1 Å². The molecule has 33 heavy (non-hydrogen) atoms. The molecular weight excluding hydrogens is 485 g/mol. The summed E-state index contributed by atoms with van der Waals surface area (Å²) < 4.78 is 12.5. The molecule has 170 valence electrons.